The summed E-state index contributed by atoms with van der Waals surface area (Å²) < 4.78 is 5.04. The van der Waals surface area contributed by atoms with Crippen LogP contribution in [-0.4, -0.2) is 350 Å². The van der Waals surface area contributed by atoms with E-state index >= 15 is 0 Å². The van der Waals surface area contributed by atoms with Crippen molar-refractivity contribution >= 4 is 168 Å². The van der Waals surface area contributed by atoms with E-state index in [2.05, 4.69) is 109 Å². The summed E-state index contributed by atoms with van der Waals surface area (Å²) in [5.74, 6) is -20.0. The third-order valence-electron chi connectivity index (χ3n) is 21.2. The van der Waals surface area contributed by atoms with Gasteiger partial charge in [0.25, 0.3) is 17.4 Å². The number of nitrogen functional groups attached to an aromatic ring is 2. The molecule has 0 aliphatic heterocycles. The smallest absolute Gasteiger partial charge is 0.426 e. The topological polar surface area (TPSA) is 945 Å². The summed E-state index contributed by atoms with van der Waals surface area (Å²) in [6.45, 7) is -3.65. The van der Waals surface area contributed by atoms with Crippen molar-refractivity contribution < 1.29 is 153 Å². The van der Waals surface area contributed by atoms with E-state index in [4.69, 9.17) is 21.6 Å². The van der Waals surface area contributed by atoms with Crippen LogP contribution in [0.15, 0.2) is 65.7 Å². The van der Waals surface area contributed by atoms with Crippen molar-refractivity contribution in [2.24, 2.45) is 0 Å². The summed E-state index contributed by atoms with van der Waals surface area (Å²) in [4.78, 5) is 271. The van der Waals surface area contributed by atoms with Gasteiger partial charge in [-0.25, -0.2) is 39.7 Å². The molecule has 6 rings (SSSR count). The molecule has 0 aliphatic carbocycles. The lowest BCUT2D eigenvalue weighted by Gasteiger charge is -2.27. The molecule has 2 aromatic carbocycles. The number of nitrogens with two attached hydrogens (primary N) is 2. The average Bonchev–Trinajstić information content (AvgIpc) is 0.811. The second-order valence-corrected chi connectivity index (χ2v) is 35.5. The number of carboxylic acid groups (broad SMARTS) is 4. The predicted molar refractivity (Wildman–Crippen MR) is 514 cm³/mol. The molecule has 0 fully saturated rings. The first-order chi connectivity index (χ1) is 69.5. The van der Waals surface area contributed by atoms with Gasteiger partial charge >= 0.3 is 30.0 Å². The predicted octanol–water partition coefficient (Wildman–Crippen LogP) is -7.55. The molecule has 0 radical (unpaired) electrons. The fourth-order valence-corrected chi connectivity index (χ4v) is 15.1. The minimum absolute atomic E-state index is 0.0153. The lowest BCUT2D eigenvalue weighted by atomic mass is 10.0. The van der Waals surface area contributed by atoms with Crippen molar-refractivity contribution in [1.29, 1.82) is 5.41 Å². The van der Waals surface area contributed by atoms with Crippen molar-refractivity contribution in [3.05, 3.63) is 99.3 Å². The van der Waals surface area contributed by atoms with Gasteiger partial charge in [0.15, 0.2) is 27.8 Å². The Hall–Kier alpha value is -14.8. The van der Waals surface area contributed by atoms with Crippen LogP contribution < -0.4 is 102 Å². The van der Waals surface area contributed by atoms with E-state index in [0.717, 1.165) is 21.6 Å². The maximum atomic E-state index is 14.9. The highest BCUT2D eigenvalue weighted by atomic mass is 33.1. The highest BCUT2D eigenvalue weighted by Gasteiger charge is 2.36. The third-order valence-corrected chi connectivity index (χ3v) is 23.6. The number of hydrogen-bond donors (Lipinski definition) is 33. The fraction of sp³-hybridized carbons (Fsp3) is 0.523. The van der Waals surface area contributed by atoms with E-state index < -0.39 is 321 Å². The van der Waals surface area contributed by atoms with Crippen LogP contribution in [0.25, 0.3) is 22.3 Å². The van der Waals surface area contributed by atoms with Gasteiger partial charge in [-0.3, -0.25) is 87.7 Å². The maximum Gasteiger partial charge on any atom is 0.426 e. The van der Waals surface area contributed by atoms with Crippen molar-refractivity contribution in [3.8, 4) is 0 Å². The molecule has 4 heterocycles. The summed E-state index contributed by atoms with van der Waals surface area (Å²) in [5, 5.41) is 169. The molecule has 4 aromatic heterocycles. The first-order valence-electron chi connectivity index (χ1n) is 45.7. The number of carboxylic acids is 4. The average molecular weight is 2100 g/mol. The molecule has 35 N–H and O–H groups in total. The minimum atomic E-state index is -2.12. The number of hydrazine groups is 1. The molecule has 13 atom stereocenters. The SMILES string of the molecule is N=c1[nH]c(N)nc2ncc(CNc3ccc(C(=O)N[C@@H](CCC(=O)NNC(=O)OCCSSC[C@@H](NC(=O)[C@H](CCC(=O)NC[C@H](O)CC[C@H](O)CO)NC(=O)[C@@H](CCC(=O)O)NC(=O)[C@H](CCC(=O)NC[C@H](O)CC[C@H](O)CO)NC(=O)[C@@H](CCC(=O)O)NC(=O)[C@H](CCC(=O)NC[C@H](O)CC[C@H](O)CO)NC(=O)CCCNC(=O)c4ccc(NCc5cnc6nc(N)[nH]c(=O)c6n5)cc4)C(=O)O)C(=O)O)cc3)nc12. The van der Waals surface area contributed by atoms with Crippen molar-refractivity contribution in [2.45, 2.75) is 220 Å². The number of amides is 13. The number of aliphatic carboxylic acids is 4. The van der Waals surface area contributed by atoms with Gasteiger partial charge in [-0.15, -0.1) is 0 Å². The second-order valence-electron chi connectivity index (χ2n) is 32.9. The number of aliphatic hydroxyl groups excluding tert-OH is 9. The lowest BCUT2D eigenvalue weighted by Crippen LogP contribution is -2.59. The second kappa shape index (κ2) is 63.4. The maximum absolute atomic E-state index is 14.9. The number of ether oxygens (including phenoxy) is 1. The van der Waals surface area contributed by atoms with Gasteiger partial charge in [-0.1, -0.05) is 21.6 Å². The third kappa shape index (κ3) is 45.4. The van der Waals surface area contributed by atoms with Crippen molar-refractivity contribution in [3.63, 3.8) is 0 Å². The molecule has 6 aromatic rings. The normalized spacial score (nSPS) is 13.8. The molecule has 60 heteroatoms. The molecule has 13 amide bonds. The lowest BCUT2D eigenvalue weighted by molar-refractivity contribution is -0.142. The Morgan fingerprint density at radius 2 is 0.774 bits per heavy atom. The molecule has 0 bridgehead atoms. The number of carbonyl (C=O) groups excluding carboxylic acids is 13. The number of aromatic nitrogens is 8. The number of rotatable bonds is 68. The fourth-order valence-electron chi connectivity index (χ4n) is 13.1. The Balaban J connectivity index is 1.13. The summed E-state index contributed by atoms with van der Waals surface area (Å²) in [5.41, 5.74) is 16.9. The van der Waals surface area contributed by atoms with E-state index in [1.165, 1.54) is 48.8 Å². The number of aromatic amines is 2. The van der Waals surface area contributed by atoms with Gasteiger partial charge in [-0.05, 0) is 132 Å². The van der Waals surface area contributed by atoms with Gasteiger partial charge < -0.3 is 157 Å². The van der Waals surface area contributed by atoms with Gasteiger partial charge in [0.1, 0.15) is 48.9 Å². The summed E-state index contributed by atoms with van der Waals surface area (Å²) in [6, 6.07) is -1.62. The van der Waals surface area contributed by atoms with E-state index in [9.17, 15) is 153 Å². The number of anilines is 4. The Morgan fingerprint density at radius 3 is 1.20 bits per heavy atom. The first kappa shape index (κ1) is 120. The zero-order valence-electron chi connectivity index (χ0n) is 78.6. The highest BCUT2D eigenvalue weighted by molar-refractivity contribution is 8.76. The molecule has 58 nitrogen and oxygen atoms in total. The standard InChI is InChI=1S/C86H122N26O32S2/c87-71-69-72(108-84(88)107-71)96-34-47(98-69)32-91-46-9-5-44(6-10-46)75(132)105-60(82(139)140)20-26-66(126)111-112-86(143)144-30-31-145-146-42-61(83(141)142)106-80(137)57(19-25-64(124)95-38-51(118)13-16-54(121)41-115)102-79(136)59(22-28-68(129)130)104-77(134)56(18-24-63(123)94-37-50(117)12-15-53(120)40-114)101-78(135)58(21-27-67(127)128)103-76(133)55(17-23-62(122)93-36-49(116)11-14-52(119)39-113)100-65(125)2-1-29-90-74(131)43-3-7-45(8-4-43)92-33-48-35-97-73-70(99-48)81(138)110-85(89)109-73/h3-10,34-35,49-61,91-92,113-121H,1-2,11-33,36-42H2,(H,90,131)(H,93,122)(H,94,123)(H,95,124)(H,100,125)(H,101,135)(H,102,136)(H,103,133)(H,104,134)(H,105,132)(H,106,137)(H,111,126)(H,112,143)(H,127,128)(H,129,130)(H,139,140)(H,141,142)(H4,87,88,96,107,108)(H3,89,97,109,110,138)/t49-,50-,51-,52+,53+,54+,55+,56+,57+,58-,59-,60+,61-/m1/s1. The highest BCUT2D eigenvalue weighted by Crippen LogP contribution is 2.23. The van der Waals surface area contributed by atoms with E-state index in [-0.39, 0.29) is 121 Å². The molecule has 800 valence electrons. The number of nitrogens with one attached hydrogen (secondary N) is 18. The van der Waals surface area contributed by atoms with Crippen molar-refractivity contribution in [1.82, 2.24) is 109 Å². The van der Waals surface area contributed by atoms with Crippen LogP contribution >= 0.6 is 21.6 Å². The molecule has 0 unspecified atom stereocenters. The summed E-state index contributed by atoms with van der Waals surface area (Å²) >= 11 is 0. The molecule has 0 aliphatic rings. The number of fused-ring (bicyclic) bond motifs is 2. The van der Waals surface area contributed by atoms with Crippen LogP contribution in [0.4, 0.5) is 28.1 Å². The number of aliphatic hydroxyl groups is 9. The van der Waals surface area contributed by atoms with Crippen LogP contribution in [0.5, 0.6) is 0 Å². The van der Waals surface area contributed by atoms with E-state index in [1.54, 1.807) is 12.1 Å². The van der Waals surface area contributed by atoms with E-state index in [0.29, 0.717) is 22.8 Å². The minimum Gasteiger partial charge on any atom is -0.481 e. The molecule has 0 spiro atoms. The number of nitrogens with zero attached hydrogens (tertiary/aromatic N) is 6. The number of benzene rings is 2. The number of H-pyrrole nitrogens is 2. The first-order valence-corrected chi connectivity index (χ1v) is 48.2. The van der Waals surface area contributed by atoms with Gasteiger partial charge in [0.05, 0.1) is 93.3 Å². The quantitative estimate of drug-likeness (QED) is 0.00958. The van der Waals surface area contributed by atoms with Gasteiger partial charge in [0, 0.05) is 105 Å². The number of hydrogen-bond acceptors (Lipinski definition) is 41. The largest absolute Gasteiger partial charge is 0.481 e. The Morgan fingerprint density at radius 1 is 0.397 bits per heavy atom. The number of carbonyl (C=O) groups is 17. The van der Waals surface area contributed by atoms with E-state index in [1.807, 2.05) is 10.9 Å². The zero-order chi connectivity index (χ0) is 107. The van der Waals surface area contributed by atoms with Crippen LogP contribution in [0.2, 0.25) is 0 Å². The summed E-state index contributed by atoms with van der Waals surface area (Å²) in [7, 11) is 1.67. The Kier molecular flexibility index (Phi) is 52.0. The molecular weight excluding hydrogens is 1970 g/mol. The molecule has 0 saturated carbocycles. The van der Waals surface area contributed by atoms with Crippen LogP contribution in [0.1, 0.15) is 161 Å². The monoisotopic (exact) mass is 2090 g/mol. The van der Waals surface area contributed by atoms with Crippen molar-refractivity contribution in [2.75, 3.05) is 86.2 Å². The van der Waals surface area contributed by atoms with Gasteiger partial charge in [-0.2, -0.15) is 9.97 Å². The Labute approximate surface area is 837 Å². The van der Waals surface area contributed by atoms with Crippen LogP contribution in [0.3, 0.4) is 0 Å². The molecule has 0 saturated heterocycles. The summed E-state index contributed by atoms with van der Waals surface area (Å²) in [6.07, 6.45) is -16.1. The zero-order valence-corrected chi connectivity index (χ0v) is 80.3. The molecule has 146 heavy (non-hydrogen) atoms. The van der Waals surface area contributed by atoms with Gasteiger partial charge in [0.2, 0.25) is 71.0 Å². The van der Waals surface area contributed by atoms with Crippen LogP contribution in [0, 0.1) is 5.41 Å². The Bertz CT molecular complexity index is 5550. The molecular formula is C86H122N26O32S2. The van der Waals surface area contributed by atoms with Crippen LogP contribution in [-0.2, 0) is 84.9 Å².